The Morgan fingerprint density at radius 1 is 1.03 bits per heavy atom. The summed E-state index contributed by atoms with van der Waals surface area (Å²) in [5.41, 5.74) is 9.18. The van der Waals surface area contributed by atoms with Gasteiger partial charge in [-0.3, -0.25) is 15.1 Å². The lowest BCUT2D eigenvalue weighted by Gasteiger charge is -2.21. The number of likely N-dealkylation sites (tertiary alicyclic amines) is 1. The minimum atomic E-state index is -0.794. The number of nitrogens with two attached hydrogens (primary N) is 1. The Balaban J connectivity index is 1.70. The fourth-order valence-electron chi connectivity index (χ4n) is 4.21. The van der Waals surface area contributed by atoms with Crippen LogP contribution in [-0.2, 0) is 9.53 Å². The summed E-state index contributed by atoms with van der Waals surface area (Å²) in [6.45, 7) is 3.51. The van der Waals surface area contributed by atoms with Gasteiger partial charge < -0.3 is 15.4 Å². The minimum Gasteiger partial charge on any atom is -0.463 e. The molecule has 0 bridgehead atoms. The van der Waals surface area contributed by atoms with Crippen molar-refractivity contribution in [2.24, 2.45) is 5.73 Å². The Labute approximate surface area is 192 Å². The fraction of sp³-hybridized carbons (Fsp3) is 0.280. The molecule has 1 saturated heterocycles. The number of carbonyl (C=O) groups excluding carboxylic acids is 3. The van der Waals surface area contributed by atoms with Crippen LogP contribution in [0.3, 0.4) is 0 Å². The molecule has 8 nitrogen and oxygen atoms in total. The summed E-state index contributed by atoms with van der Waals surface area (Å²) in [6.07, 6.45) is 3.65. The summed E-state index contributed by atoms with van der Waals surface area (Å²) in [5, 5.41) is 8.30. The zero-order chi connectivity index (χ0) is 23.5. The van der Waals surface area contributed by atoms with E-state index in [2.05, 4.69) is 0 Å². The molecule has 2 aliphatic heterocycles. The first-order valence-electron chi connectivity index (χ1n) is 11.0. The number of carbonyl (C=O) groups is 3. The van der Waals surface area contributed by atoms with E-state index in [1.54, 1.807) is 19.1 Å². The molecule has 170 valence electrons. The number of nitrogens with zero attached hydrogens (tertiary/aromatic N) is 2. The maximum Gasteiger partial charge on any atom is 0.334 e. The van der Waals surface area contributed by atoms with Crippen molar-refractivity contribution >= 4 is 35.5 Å². The van der Waals surface area contributed by atoms with E-state index in [0.717, 1.165) is 42.0 Å². The van der Waals surface area contributed by atoms with Crippen molar-refractivity contribution in [1.82, 2.24) is 4.90 Å². The number of ether oxygens (including phenoxy) is 1. The molecular weight excluding hydrogens is 420 g/mol. The molecule has 3 N–H and O–H groups in total. The Hall–Kier alpha value is -3.94. The number of primary amides is 1. The van der Waals surface area contributed by atoms with Crippen molar-refractivity contribution in [3.05, 3.63) is 59.2 Å². The average Bonchev–Trinajstić information content (AvgIpc) is 3.29. The number of esters is 1. The summed E-state index contributed by atoms with van der Waals surface area (Å²) >= 11 is 0. The highest BCUT2D eigenvalue weighted by Gasteiger charge is 2.27. The molecule has 0 aliphatic carbocycles. The van der Waals surface area contributed by atoms with E-state index in [9.17, 15) is 14.4 Å². The van der Waals surface area contributed by atoms with Gasteiger partial charge in [0.25, 0.3) is 5.91 Å². The summed E-state index contributed by atoms with van der Waals surface area (Å²) in [7, 11) is 0. The summed E-state index contributed by atoms with van der Waals surface area (Å²) < 4.78 is 5.11. The van der Waals surface area contributed by atoms with E-state index in [4.69, 9.17) is 15.9 Å². The van der Waals surface area contributed by atoms with Crippen LogP contribution in [0.5, 0.6) is 0 Å². The molecule has 4 rings (SSSR count). The molecule has 0 unspecified atom stereocenters. The van der Waals surface area contributed by atoms with Crippen LogP contribution >= 0.6 is 0 Å². The van der Waals surface area contributed by atoms with Crippen LogP contribution in [0.25, 0.3) is 17.2 Å². The van der Waals surface area contributed by atoms with E-state index in [1.165, 1.54) is 0 Å². The molecule has 2 aromatic carbocycles. The average molecular weight is 447 g/mol. The third-order valence-corrected chi connectivity index (χ3v) is 5.84. The number of amides is 3. The van der Waals surface area contributed by atoms with Gasteiger partial charge in [-0.15, -0.1) is 0 Å². The van der Waals surface area contributed by atoms with Crippen LogP contribution in [0.15, 0.2) is 48.0 Å². The largest absolute Gasteiger partial charge is 0.463 e. The summed E-state index contributed by atoms with van der Waals surface area (Å²) in [6, 6.07) is 12.0. The first kappa shape index (κ1) is 22.3. The number of urea groups is 1. The first-order valence-corrected chi connectivity index (χ1v) is 11.0. The Kier molecular flexibility index (Phi) is 6.26. The first-order chi connectivity index (χ1) is 15.9. The molecule has 33 heavy (non-hydrogen) atoms. The Morgan fingerprint density at radius 3 is 2.33 bits per heavy atom. The second-order valence-electron chi connectivity index (χ2n) is 8.04. The van der Waals surface area contributed by atoms with Gasteiger partial charge in [-0.2, -0.15) is 0 Å². The minimum absolute atomic E-state index is 0.0404. The summed E-state index contributed by atoms with van der Waals surface area (Å²) in [5.74, 6) is -0.591. The number of amidine groups is 1. The van der Waals surface area contributed by atoms with E-state index in [-0.39, 0.29) is 30.3 Å². The molecule has 1 fully saturated rings. The molecule has 0 saturated carbocycles. The van der Waals surface area contributed by atoms with Crippen LogP contribution in [0, 0.1) is 5.41 Å². The molecular formula is C25H26N4O4. The molecule has 8 heteroatoms. The van der Waals surface area contributed by atoms with Crippen LogP contribution in [0.2, 0.25) is 0 Å². The lowest BCUT2D eigenvalue weighted by atomic mass is 9.99. The maximum atomic E-state index is 12.6. The number of hydrogen-bond acceptors (Lipinski definition) is 5. The lowest BCUT2D eigenvalue weighted by molar-refractivity contribution is -0.138. The van der Waals surface area contributed by atoms with E-state index in [0.29, 0.717) is 16.8 Å². The number of nitrogens with one attached hydrogen (secondary N) is 1. The van der Waals surface area contributed by atoms with Crippen LogP contribution < -0.4 is 10.6 Å². The second kappa shape index (κ2) is 9.28. The molecule has 0 spiro atoms. The van der Waals surface area contributed by atoms with Crippen molar-refractivity contribution in [3.63, 3.8) is 0 Å². The third kappa shape index (κ3) is 4.50. The van der Waals surface area contributed by atoms with Gasteiger partial charge in [-0.25, -0.2) is 9.59 Å². The standard InChI is InChI=1S/C25H26N4O4/c1-2-33-24(31)20-14-19-13-18(9-10-21(19)29(25(27)32)22(26)15-20)16-5-7-17(8-6-16)23(30)28-11-3-4-12-28/h5-10,13-14,26H,2-4,11-12,15H2,1H3,(H2,27,32). The van der Waals surface area contributed by atoms with Gasteiger partial charge in [-0.05, 0) is 66.8 Å². The van der Waals surface area contributed by atoms with E-state index < -0.39 is 12.0 Å². The monoisotopic (exact) mass is 446 g/mol. The highest BCUT2D eigenvalue weighted by molar-refractivity contribution is 6.20. The molecule has 2 heterocycles. The lowest BCUT2D eigenvalue weighted by Crippen LogP contribution is -2.40. The van der Waals surface area contributed by atoms with Crippen LogP contribution in [-0.4, -0.2) is 48.3 Å². The predicted molar refractivity (Wildman–Crippen MR) is 126 cm³/mol. The molecule has 0 radical (unpaired) electrons. The number of rotatable bonds is 4. The Morgan fingerprint density at radius 2 is 1.70 bits per heavy atom. The van der Waals surface area contributed by atoms with Crippen molar-refractivity contribution in [1.29, 1.82) is 5.41 Å². The fourth-order valence-corrected chi connectivity index (χ4v) is 4.21. The van der Waals surface area contributed by atoms with E-state index >= 15 is 0 Å². The molecule has 0 aromatic heterocycles. The highest BCUT2D eigenvalue weighted by atomic mass is 16.5. The number of benzene rings is 2. The quantitative estimate of drug-likeness (QED) is 0.695. The van der Waals surface area contributed by atoms with Crippen molar-refractivity contribution in [2.75, 3.05) is 24.6 Å². The smallest absolute Gasteiger partial charge is 0.334 e. The third-order valence-electron chi connectivity index (χ3n) is 5.84. The maximum absolute atomic E-state index is 12.6. The zero-order valence-corrected chi connectivity index (χ0v) is 18.5. The van der Waals surface area contributed by atoms with Crippen molar-refractivity contribution in [2.45, 2.75) is 26.2 Å². The topological polar surface area (TPSA) is 117 Å². The number of anilines is 1. The van der Waals surface area contributed by atoms with Gasteiger partial charge in [0.2, 0.25) is 0 Å². The molecule has 0 atom stereocenters. The Bertz CT molecular complexity index is 1150. The molecule has 2 aliphatic rings. The molecule has 3 amide bonds. The van der Waals surface area contributed by atoms with Gasteiger partial charge in [0.05, 0.1) is 12.3 Å². The zero-order valence-electron chi connectivity index (χ0n) is 18.5. The molecule has 2 aromatic rings. The SMILES string of the molecule is CCOC(=O)C1=Cc2cc(-c3ccc(C(=O)N4CCCC4)cc3)ccc2N(C(N)=O)C(=N)C1. The van der Waals surface area contributed by atoms with Crippen molar-refractivity contribution in [3.8, 4) is 11.1 Å². The van der Waals surface area contributed by atoms with Crippen LogP contribution in [0.1, 0.15) is 42.1 Å². The highest BCUT2D eigenvalue weighted by Crippen LogP contribution is 2.33. The van der Waals surface area contributed by atoms with Gasteiger partial charge >= 0.3 is 12.0 Å². The second-order valence-corrected chi connectivity index (χ2v) is 8.04. The predicted octanol–water partition coefficient (Wildman–Crippen LogP) is 3.80. The van der Waals surface area contributed by atoms with Gasteiger partial charge in [-0.1, -0.05) is 18.2 Å². The van der Waals surface area contributed by atoms with Crippen molar-refractivity contribution < 1.29 is 19.1 Å². The van der Waals surface area contributed by atoms with Gasteiger partial charge in [0.15, 0.2) is 0 Å². The summed E-state index contributed by atoms with van der Waals surface area (Å²) in [4.78, 5) is 40.0. The van der Waals surface area contributed by atoms with Crippen LogP contribution in [0.4, 0.5) is 10.5 Å². The normalized spacial score (nSPS) is 15.5. The number of hydrogen-bond donors (Lipinski definition) is 2. The van der Waals surface area contributed by atoms with Gasteiger partial charge in [0, 0.05) is 30.6 Å². The number of fused-ring (bicyclic) bond motifs is 1. The van der Waals surface area contributed by atoms with Gasteiger partial charge in [0.1, 0.15) is 5.84 Å². The van der Waals surface area contributed by atoms with E-state index in [1.807, 2.05) is 41.3 Å².